The Labute approximate surface area is 123 Å². The van der Waals surface area contributed by atoms with Gasteiger partial charge in [-0.15, -0.1) is 0 Å². The smallest absolute Gasteiger partial charge is 0.256 e. The van der Waals surface area contributed by atoms with Crippen LogP contribution in [0.3, 0.4) is 0 Å². The van der Waals surface area contributed by atoms with Gasteiger partial charge in [0.25, 0.3) is 5.91 Å². The lowest BCUT2D eigenvalue weighted by atomic mass is 9.93. The second-order valence-electron chi connectivity index (χ2n) is 5.93. The van der Waals surface area contributed by atoms with E-state index in [1.165, 1.54) is 48.1 Å². The number of fused-ring (bicyclic) bond motifs is 1. The fourth-order valence-corrected chi connectivity index (χ4v) is 3.48. The minimum Gasteiger partial charge on any atom is -0.321 e. The van der Waals surface area contributed by atoms with Crippen LogP contribution in [0.5, 0.6) is 0 Å². The van der Waals surface area contributed by atoms with Crippen LogP contribution in [0.4, 0.5) is 10.1 Å². The molecule has 0 saturated carbocycles. The molecule has 0 saturated heterocycles. The van der Waals surface area contributed by atoms with E-state index in [0.29, 0.717) is 11.3 Å². The zero-order valence-corrected chi connectivity index (χ0v) is 11.7. The van der Waals surface area contributed by atoms with E-state index in [-0.39, 0.29) is 11.7 Å². The van der Waals surface area contributed by atoms with E-state index in [1.54, 1.807) is 6.07 Å². The molecule has 4 rings (SSSR count). The molecular formula is C18H16FNO. The predicted octanol–water partition coefficient (Wildman–Crippen LogP) is 4.36. The number of carbonyl (C=O) groups is 1. The van der Waals surface area contributed by atoms with Crippen molar-refractivity contribution in [1.29, 1.82) is 0 Å². The maximum Gasteiger partial charge on any atom is 0.256 e. The summed E-state index contributed by atoms with van der Waals surface area (Å²) in [5.41, 5.74) is 6.21. The topological polar surface area (TPSA) is 29.1 Å². The number of amides is 1. The van der Waals surface area contributed by atoms with Crippen LogP contribution in [0.25, 0.3) is 5.57 Å². The van der Waals surface area contributed by atoms with Crippen molar-refractivity contribution in [1.82, 2.24) is 0 Å². The number of anilines is 1. The zero-order chi connectivity index (χ0) is 14.4. The highest BCUT2D eigenvalue weighted by atomic mass is 19.1. The normalized spacial score (nSPS) is 22.2. The number of nitrogens with one attached hydrogen (secondary N) is 1. The molecule has 3 heteroatoms. The fourth-order valence-electron chi connectivity index (χ4n) is 3.48. The van der Waals surface area contributed by atoms with Crippen molar-refractivity contribution < 1.29 is 9.18 Å². The Balaban J connectivity index is 1.68. The molecule has 0 bridgehead atoms. The summed E-state index contributed by atoms with van der Waals surface area (Å²) >= 11 is 0. The summed E-state index contributed by atoms with van der Waals surface area (Å²) in [6.07, 6.45) is 10.1. The lowest BCUT2D eigenvalue weighted by molar-refractivity contribution is -0.110. The Bertz CT molecular complexity index is 740. The maximum absolute atomic E-state index is 13.2. The molecule has 2 aliphatic carbocycles. The molecule has 1 heterocycles. The van der Waals surface area contributed by atoms with Crippen LogP contribution in [0.15, 0.2) is 47.1 Å². The average molecular weight is 281 g/mol. The van der Waals surface area contributed by atoms with Crippen molar-refractivity contribution in [2.75, 3.05) is 5.32 Å². The van der Waals surface area contributed by atoms with E-state index < -0.39 is 0 Å². The summed E-state index contributed by atoms with van der Waals surface area (Å²) in [5.74, 6) is -0.464. The van der Waals surface area contributed by atoms with E-state index in [9.17, 15) is 9.18 Å². The summed E-state index contributed by atoms with van der Waals surface area (Å²) in [5, 5.41) is 2.74. The molecule has 0 radical (unpaired) electrons. The largest absolute Gasteiger partial charge is 0.321 e. The fraction of sp³-hybridized carbons (Fsp3) is 0.278. The molecule has 21 heavy (non-hydrogen) atoms. The zero-order valence-electron chi connectivity index (χ0n) is 11.7. The van der Waals surface area contributed by atoms with Crippen molar-refractivity contribution in [3.05, 3.63) is 58.5 Å². The number of hydrogen-bond donors (Lipinski definition) is 1. The third-order valence-electron chi connectivity index (χ3n) is 4.50. The van der Waals surface area contributed by atoms with Crippen molar-refractivity contribution >= 4 is 17.2 Å². The van der Waals surface area contributed by atoms with Crippen LogP contribution in [0.2, 0.25) is 0 Å². The Morgan fingerprint density at radius 3 is 2.90 bits per heavy atom. The summed E-state index contributed by atoms with van der Waals surface area (Å²) in [4.78, 5) is 12.1. The minimum absolute atomic E-state index is 0.138. The quantitative estimate of drug-likeness (QED) is 0.761. The third kappa shape index (κ3) is 2.13. The van der Waals surface area contributed by atoms with E-state index in [2.05, 4.69) is 11.4 Å². The number of rotatable bonds is 1. The van der Waals surface area contributed by atoms with Crippen LogP contribution in [-0.4, -0.2) is 5.91 Å². The van der Waals surface area contributed by atoms with E-state index in [0.717, 1.165) is 18.4 Å². The third-order valence-corrected chi connectivity index (χ3v) is 4.50. The van der Waals surface area contributed by atoms with Gasteiger partial charge in [-0.1, -0.05) is 11.6 Å². The predicted molar refractivity (Wildman–Crippen MR) is 81.2 cm³/mol. The van der Waals surface area contributed by atoms with Gasteiger partial charge in [0.2, 0.25) is 0 Å². The van der Waals surface area contributed by atoms with E-state index >= 15 is 0 Å². The molecule has 1 aliphatic heterocycles. The second-order valence-corrected chi connectivity index (χ2v) is 5.93. The lowest BCUT2D eigenvalue weighted by Crippen LogP contribution is -2.04. The minimum atomic E-state index is -0.326. The molecule has 1 amide bonds. The van der Waals surface area contributed by atoms with Crippen molar-refractivity contribution in [3.8, 4) is 0 Å². The van der Waals surface area contributed by atoms with Crippen LogP contribution in [0.1, 0.15) is 37.7 Å². The first-order valence-electron chi connectivity index (χ1n) is 7.45. The Kier molecular flexibility index (Phi) is 2.81. The number of hydrogen-bond acceptors (Lipinski definition) is 1. The van der Waals surface area contributed by atoms with Crippen LogP contribution in [0, 0.1) is 5.82 Å². The molecule has 0 fully saturated rings. The van der Waals surface area contributed by atoms with Gasteiger partial charge in [-0.05, 0) is 67.5 Å². The number of allylic oxidation sites excluding steroid dienone is 5. The average Bonchev–Trinajstić information content (AvgIpc) is 3.00. The van der Waals surface area contributed by atoms with Crippen LogP contribution in [-0.2, 0) is 4.79 Å². The van der Waals surface area contributed by atoms with Crippen molar-refractivity contribution in [2.24, 2.45) is 0 Å². The molecular weight excluding hydrogens is 265 g/mol. The highest BCUT2D eigenvalue weighted by molar-refractivity contribution is 6.31. The van der Waals surface area contributed by atoms with Gasteiger partial charge in [0, 0.05) is 11.1 Å². The molecule has 1 aromatic carbocycles. The molecule has 1 N–H and O–H groups in total. The van der Waals surface area contributed by atoms with Gasteiger partial charge in [0.05, 0.1) is 5.69 Å². The first-order valence-corrected chi connectivity index (χ1v) is 7.45. The summed E-state index contributed by atoms with van der Waals surface area (Å²) < 4.78 is 13.2. The van der Waals surface area contributed by atoms with Gasteiger partial charge in [-0.25, -0.2) is 4.39 Å². The Morgan fingerprint density at radius 1 is 1.19 bits per heavy atom. The summed E-state index contributed by atoms with van der Waals surface area (Å²) in [7, 11) is 0. The van der Waals surface area contributed by atoms with E-state index in [4.69, 9.17) is 0 Å². The van der Waals surface area contributed by atoms with Crippen molar-refractivity contribution in [3.63, 3.8) is 0 Å². The van der Waals surface area contributed by atoms with Gasteiger partial charge < -0.3 is 5.32 Å². The Hall–Kier alpha value is -2.16. The SMILES string of the molecule is O=C1Nc2cc(F)ccc2C1=CC1=CC2=C(CCCC2)C1. The number of carbonyl (C=O) groups excluding carboxylic acids is 1. The van der Waals surface area contributed by atoms with Gasteiger partial charge in [0.1, 0.15) is 5.82 Å². The van der Waals surface area contributed by atoms with Gasteiger partial charge in [-0.2, -0.15) is 0 Å². The highest BCUT2D eigenvalue weighted by Crippen LogP contribution is 2.39. The first-order chi connectivity index (χ1) is 10.2. The lowest BCUT2D eigenvalue weighted by Gasteiger charge is -2.12. The van der Waals surface area contributed by atoms with Crippen LogP contribution < -0.4 is 5.32 Å². The van der Waals surface area contributed by atoms with Gasteiger partial charge in [-0.3, -0.25) is 4.79 Å². The van der Waals surface area contributed by atoms with Gasteiger partial charge in [0.15, 0.2) is 0 Å². The molecule has 1 aromatic rings. The highest BCUT2D eigenvalue weighted by Gasteiger charge is 2.26. The number of benzene rings is 1. The molecule has 0 aromatic heterocycles. The monoisotopic (exact) mass is 281 g/mol. The van der Waals surface area contributed by atoms with Crippen LogP contribution >= 0.6 is 0 Å². The Morgan fingerprint density at radius 2 is 2.05 bits per heavy atom. The molecule has 3 aliphatic rings. The molecule has 0 atom stereocenters. The standard InChI is InChI=1S/C18H16FNO/c19-14-5-6-15-16(18(21)20-17(15)10-14)9-11-7-12-3-1-2-4-13(12)8-11/h5-7,9-10H,1-4,8H2,(H,20,21). The van der Waals surface area contributed by atoms with E-state index in [1.807, 2.05) is 6.08 Å². The number of halogens is 1. The van der Waals surface area contributed by atoms with Gasteiger partial charge >= 0.3 is 0 Å². The molecule has 0 spiro atoms. The molecule has 2 nitrogen and oxygen atoms in total. The molecule has 106 valence electrons. The first kappa shape index (κ1) is 12.6. The van der Waals surface area contributed by atoms with Crippen molar-refractivity contribution in [2.45, 2.75) is 32.1 Å². The maximum atomic E-state index is 13.2. The summed E-state index contributed by atoms with van der Waals surface area (Å²) in [6.45, 7) is 0. The second kappa shape index (κ2) is 4.69. The summed E-state index contributed by atoms with van der Waals surface area (Å²) in [6, 6.07) is 4.46. The molecule has 0 unspecified atom stereocenters.